The van der Waals surface area contributed by atoms with E-state index in [-0.39, 0.29) is 24.4 Å². The third-order valence-electron chi connectivity index (χ3n) is 3.06. The van der Waals surface area contributed by atoms with Gasteiger partial charge in [-0.1, -0.05) is 13.8 Å². The zero-order chi connectivity index (χ0) is 16.0. The van der Waals surface area contributed by atoms with Gasteiger partial charge in [0, 0.05) is 20.0 Å². The molecular weight excluding hydrogens is 260 g/mol. The molecule has 118 valence electrons. The normalized spacial score (nSPS) is 12.1. The molecule has 0 saturated carbocycles. The van der Waals surface area contributed by atoms with Gasteiger partial charge in [-0.05, 0) is 32.1 Å². The third-order valence-corrected chi connectivity index (χ3v) is 3.06. The highest BCUT2D eigenvalue weighted by molar-refractivity contribution is 5.73. The zero-order valence-corrected chi connectivity index (χ0v) is 13.2. The summed E-state index contributed by atoms with van der Waals surface area (Å²) in [5.41, 5.74) is -1.05. The van der Waals surface area contributed by atoms with Crippen molar-refractivity contribution in [3.05, 3.63) is 0 Å². The van der Waals surface area contributed by atoms with Crippen LogP contribution < -0.4 is 5.32 Å². The molecule has 0 radical (unpaired) electrons. The molecule has 20 heavy (non-hydrogen) atoms. The fraction of sp³-hybridized carbons (Fsp3) is 0.857. The number of carbonyl (C=O) groups excluding carboxylic acids is 1. The van der Waals surface area contributed by atoms with Crippen LogP contribution in [0.25, 0.3) is 0 Å². The number of hydrogen-bond donors (Lipinski definition) is 3. The number of carbonyl (C=O) groups is 2. The number of carboxylic acid groups (broad SMARTS) is 1. The molecule has 0 aromatic rings. The van der Waals surface area contributed by atoms with Crippen LogP contribution in [0.15, 0.2) is 0 Å². The van der Waals surface area contributed by atoms with E-state index in [9.17, 15) is 14.7 Å². The lowest BCUT2D eigenvalue weighted by molar-refractivity contribution is -0.137. The van der Waals surface area contributed by atoms with Gasteiger partial charge in [-0.3, -0.25) is 4.79 Å². The second kappa shape index (κ2) is 7.47. The molecule has 0 saturated heterocycles. The van der Waals surface area contributed by atoms with Crippen LogP contribution >= 0.6 is 0 Å². The number of rotatable bonds is 8. The Labute approximate surface area is 121 Å². The first kappa shape index (κ1) is 18.7. The van der Waals surface area contributed by atoms with Gasteiger partial charge in [-0.2, -0.15) is 0 Å². The molecule has 0 spiro atoms. The Morgan fingerprint density at radius 1 is 1.15 bits per heavy atom. The molecule has 3 N–H and O–H groups in total. The molecule has 0 fully saturated rings. The molecule has 0 aliphatic rings. The van der Waals surface area contributed by atoms with Crippen LogP contribution in [0.1, 0.15) is 47.0 Å². The van der Waals surface area contributed by atoms with Crippen LogP contribution in [-0.4, -0.2) is 52.9 Å². The molecule has 0 aromatic heterocycles. The Hall–Kier alpha value is -1.30. The number of aliphatic hydroxyl groups is 1. The quantitative estimate of drug-likeness (QED) is 0.634. The van der Waals surface area contributed by atoms with Crippen LogP contribution in [0.3, 0.4) is 0 Å². The standard InChI is InChI=1S/C14H28N2O4/c1-13(2,7-6-11(17)18)8-9-15-12(19)16(5)10-14(3,4)20/h20H,6-10H2,1-5H3,(H,15,19)(H,17,18). The number of amides is 2. The van der Waals surface area contributed by atoms with Gasteiger partial charge in [0.25, 0.3) is 0 Å². The Balaban J connectivity index is 4.04. The fourth-order valence-electron chi connectivity index (χ4n) is 1.87. The lowest BCUT2D eigenvalue weighted by Gasteiger charge is -2.27. The smallest absolute Gasteiger partial charge is 0.317 e. The maximum Gasteiger partial charge on any atom is 0.317 e. The summed E-state index contributed by atoms with van der Waals surface area (Å²) in [7, 11) is 1.63. The number of hydrogen-bond acceptors (Lipinski definition) is 3. The van der Waals surface area contributed by atoms with Gasteiger partial charge >= 0.3 is 12.0 Å². The highest BCUT2D eigenvalue weighted by Crippen LogP contribution is 2.25. The molecule has 0 bridgehead atoms. The van der Waals surface area contributed by atoms with Gasteiger partial charge in [-0.15, -0.1) is 0 Å². The summed E-state index contributed by atoms with van der Waals surface area (Å²) in [5, 5.41) is 21.1. The van der Waals surface area contributed by atoms with Gasteiger partial charge in [0.2, 0.25) is 0 Å². The molecule has 0 unspecified atom stereocenters. The highest BCUT2D eigenvalue weighted by Gasteiger charge is 2.21. The number of likely N-dealkylation sites (N-methyl/N-ethyl adjacent to an activating group) is 1. The van der Waals surface area contributed by atoms with Crippen molar-refractivity contribution in [2.24, 2.45) is 5.41 Å². The third kappa shape index (κ3) is 9.61. The van der Waals surface area contributed by atoms with Crippen molar-refractivity contribution >= 4 is 12.0 Å². The first-order chi connectivity index (χ1) is 8.93. The monoisotopic (exact) mass is 288 g/mol. The molecule has 0 heterocycles. The van der Waals surface area contributed by atoms with Crippen LogP contribution in [0, 0.1) is 5.41 Å². The number of urea groups is 1. The number of carboxylic acids is 1. The zero-order valence-electron chi connectivity index (χ0n) is 13.2. The lowest BCUT2D eigenvalue weighted by Crippen LogP contribution is -2.45. The van der Waals surface area contributed by atoms with Crippen LogP contribution in [0.4, 0.5) is 4.79 Å². The molecule has 0 aliphatic carbocycles. The predicted octanol–water partition coefficient (Wildman–Crippen LogP) is 1.68. The number of nitrogens with one attached hydrogen (secondary N) is 1. The minimum Gasteiger partial charge on any atom is -0.481 e. The fourth-order valence-corrected chi connectivity index (χ4v) is 1.87. The van der Waals surface area contributed by atoms with E-state index in [1.54, 1.807) is 20.9 Å². The van der Waals surface area contributed by atoms with Gasteiger partial charge in [-0.25, -0.2) is 4.79 Å². The van der Waals surface area contributed by atoms with Crippen molar-refractivity contribution in [3.63, 3.8) is 0 Å². The molecule has 0 aliphatic heterocycles. The summed E-state index contributed by atoms with van der Waals surface area (Å²) >= 11 is 0. The minimum atomic E-state index is -0.924. The second-order valence-electron chi connectivity index (χ2n) is 6.71. The van der Waals surface area contributed by atoms with E-state index in [1.165, 1.54) is 4.90 Å². The van der Waals surface area contributed by atoms with Gasteiger partial charge < -0.3 is 20.4 Å². The SMILES string of the molecule is CN(CC(C)(C)O)C(=O)NCCC(C)(C)CCC(=O)O. The van der Waals surface area contributed by atoms with E-state index in [4.69, 9.17) is 5.11 Å². The molecular formula is C14H28N2O4. The Bertz CT molecular complexity index is 335. The van der Waals surface area contributed by atoms with Crippen LogP contribution in [0.2, 0.25) is 0 Å². The van der Waals surface area contributed by atoms with Gasteiger partial charge in [0.15, 0.2) is 0 Å². The van der Waals surface area contributed by atoms with Crippen LogP contribution in [-0.2, 0) is 4.79 Å². The second-order valence-corrected chi connectivity index (χ2v) is 6.71. The molecule has 6 nitrogen and oxygen atoms in total. The molecule has 0 aromatic carbocycles. The summed E-state index contributed by atoms with van der Waals surface area (Å²) in [6.45, 7) is 8.01. The van der Waals surface area contributed by atoms with Crippen molar-refractivity contribution in [2.45, 2.75) is 52.6 Å². The molecule has 2 amide bonds. The summed E-state index contributed by atoms with van der Waals surface area (Å²) in [4.78, 5) is 23.8. The summed E-state index contributed by atoms with van der Waals surface area (Å²) in [6.07, 6.45) is 1.43. The van der Waals surface area contributed by atoms with Crippen molar-refractivity contribution in [2.75, 3.05) is 20.1 Å². The molecule has 0 atom stereocenters. The number of nitrogens with zero attached hydrogens (tertiary/aromatic N) is 1. The minimum absolute atomic E-state index is 0.125. The summed E-state index contributed by atoms with van der Waals surface area (Å²) in [6, 6.07) is -0.235. The summed E-state index contributed by atoms with van der Waals surface area (Å²) in [5.74, 6) is -0.799. The van der Waals surface area contributed by atoms with Crippen molar-refractivity contribution < 1.29 is 19.8 Å². The van der Waals surface area contributed by atoms with E-state index in [2.05, 4.69) is 5.32 Å². The first-order valence-electron chi connectivity index (χ1n) is 6.86. The first-order valence-corrected chi connectivity index (χ1v) is 6.86. The van der Waals surface area contributed by atoms with E-state index in [1.807, 2.05) is 13.8 Å². The molecule has 6 heteroatoms. The van der Waals surface area contributed by atoms with Crippen molar-refractivity contribution in [3.8, 4) is 0 Å². The average molecular weight is 288 g/mol. The van der Waals surface area contributed by atoms with E-state index < -0.39 is 11.6 Å². The Morgan fingerprint density at radius 3 is 2.15 bits per heavy atom. The maximum absolute atomic E-state index is 11.8. The lowest BCUT2D eigenvalue weighted by atomic mass is 9.84. The predicted molar refractivity (Wildman–Crippen MR) is 77.6 cm³/mol. The topological polar surface area (TPSA) is 89.9 Å². The Morgan fingerprint density at radius 2 is 1.70 bits per heavy atom. The van der Waals surface area contributed by atoms with Crippen molar-refractivity contribution in [1.82, 2.24) is 10.2 Å². The van der Waals surface area contributed by atoms with E-state index in [0.717, 1.165) is 0 Å². The van der Waals surface area contributed by atoms with Gasteiger partial charge in [0.1, 0.15) is 0 Å². The summed E-state index contributed by atoms with van der Waals surface area (Å²) < 4.78 is 0. The van der Waals surface area contributed by atoms with E-state index >= 15 is 0 Å². The van der Waals surface area contributed by atoms with Gasteiger partial charge in [0.05, 0.1) is 12.1 Å². The highest BCUT2D eigenvalue weighted by atomic mass is 16.4. The number of aliphatic carboxylic acids is 1. The Kier molecular flexibility index (Phi) is 6.99. The average Bonchev–Trinajstić information content (AvgIpc) is 2.23. The molecule has 0 rings (SSSR count). The van der Waals surface area contributed by atoms with Crippen LogP contribution in [0.5, 0.6) is 0 Å². The largest absolute Gasteiger partial charge is 0.481 e. The van der Waals surface area contributed by atoms with Crippen molar-refractivity contribution in [1.29, 1.82) is 0 Å². The maximum atomic E-state index is 11.8. The van der Waals surface area contributed by atoms with E-state index in [0.29, 0.717) is 19.4 Å².